The average molecular weight is 327 g/mol. The lowest BCUT2D eigenvalue weighted by Crippen LogP contribution is -2.37. The molecule has 0 fully saturated rings. The second-order valence-corrected chi connectivity index (χ2v) is 6.13. The molecule has 2 aromatic rings. The Bertz CT molecular complexity index is 735. The van der Waals surface area contributed by atoms with Gasteiger partial charge < -0.3 is 15.7 Å². The summed E-state index contributed by atoms with van der Waals surface area (Å²) in [6.45, 7) is 1.22. The van der Waals surface area contributed by atoms with Crippen LogP contribution in [0, 0.1) is 0 Å². The van der Waals surface area contributed by atoms with Gasteiger partial charge in [0.2, 0.25) is 0 Å². The van der Waals surface area contributed by atoms with Gasteiger partial charge in [-0.15, -0.1) is 0 Å². The van der Waals surface area contributed by atoms with Crippen LogP contribution in [0.5, 0.6) is 5.75 Å². The van der Waals surface area contributed by atoms with Crippen LogP contribution in [0.1, 0.15) is 35.2 Å². The molecule has 0 saturated carbocycles. The largest absolute Gasteiger partial charge is 0.508 e. The number of aliphatic imine (C=N–C) groups is 1. The molecule has 0 atom stereocenters. The Balaban J connectivity index is 1.65. The Morgan fingerprint density at radius 2 is 2.00 bits per heavy atom. The number of fused-ring (bicyclic) bond motifs is 1. The summed E-state index contributed by atoms with van der Waals surface area (Å²) in [5.74, 6) is 1.08. The molecule has 0 spiro atoms. The number of phenolic OH excluding ortho intramolecular Hbond substituents is 1. The number of hydrogen-bond donors (Lipinski definition) is 3. The Morgan fingerprint density at radius 3 is 2.75 bits per heavy atom. The van der Waals surface area contributed by atoms with E-state index in [4.69, 9.17) is 0 Å². The van der Waals surface area contributed by atoms with Gasteiger partial charge in [0.05, 0.1) is 12.2 Å². The number of aryl methyl sites for hydroxylation is 2. The van der Waals surface area contributed by atoms with E-state index in [0.29, 0.717) is 24.8 Å². The summed E-state index contributed by atoms with van der Waals surface area (Å²) < 4.78 is 1.83. The predicted molar refractivity (Wildman–Crippen MR) is 95.0 cm³/mol. The lowest BCUT2D eigenvalue weighted by atomic mass is 9.88. The number of rotatable bonds is 4. The minimum absolute atomic E-state index is 0.366. The monoisotopic (exact) mass is 327 g/mol. The molecule has 0 unspecified atom stereocenters. The van der Waals surface area contributed by atoms with Gasteiger partial charge in [-0.1, -0.05) is 6.07 Å². The van der Waals surface area contributed by atoms with E-state index >= 15 is 0 Å². The molecular formula is C18H25N5O. The number of guanidine groups is 1. The highest BCUT2D eigenvalue weighted by molar-refractivity contribution is 5.79. The van der Waals surface area contributed by atoms with Crippen LogP contribution in [0.2, 0.25) is 0 Å². The molecule has 1 aliphatic rings. The molecule has 0 bridgehead atoms. The zero-order valence-electron chi connectivity index (χ0n) is 14.3. The van der Waals surface area contributed by atoms with Crippen molar-refractivity contribution in [2.24, 2.45) is 12.0 Å². The summed E-state index contributed by atoms with van der Waals surface area (Å²) in [6, 6.07) is 5.84. The van der Waals surface area contributed by atoms with E-state index in [0.717, 1.165) is 24.1 Å². The summed E-state index contributed by atoms with van der Waals surface area (Å²) in [7, 11) is 3.67. The van der Waals surface area contributed by atoms with Crippen LogP contribution >= 0.6 is 0 Å². The predicted octanol–water partition coefficient (Wildman–Crippen LogP) is 1.87. The van der Waals surface area contributed by atoms with Crippen LogP contribution in [0.4, 0.5) is 0 Å². The summed E-state index contributed by atoms with van der Waals surface area (Å²) in [6.07, 6.45) is 6.36. The van der Waals surface area contributed by atoms with E-state index in [1.165, 1.54) is 24.0 Å². The first-order chi connectivity index (χ1) is 11.7. The van der Waals surface area contributed by atoms with Crippen molar-refractivity contribution in [2.75, 3.05) is 7.05 Å². The van der Waals surface area contributed by atoms with Gasteiger partial charge >= 0.3 is 0 Å². The first-order valence-electron chi connectivity index (χ1n) is 8.43. The van der Waals surface area contributed by atoms with E-state index < -0.39 is 0 Å². The van der Waals surface area contributed by atoms with Gasteiger partial charge in [0.15, 0.2) is 5.96 Å². The third-order valence-corrected chi connectivity index (χ3v) is 4.64. The van der Waals surface area contributed by atoms with E-state index in [2.05, 4.69) is 26.8 Å². The normalized spacial score (nSPS) is 14.3. The van der Waals surface area contributed by atoms with Crippen LogP contribution in [-0.4, -0.2) is 27.9 Å². The minimum atomic E-state index is 0.366. The summed E-state index contributed by atoms with van der Waals surface area (Å²) in [5.41, 5.74) is 4.75. The molecule has 1 aromatic heterocycles. The van der Waals surface area contributed by atoms with Crippen LogP contribution < -0.4 is 10.6 Å². The van der Waals surface area contributed by atoms with Gasteiger partial charge in [-0.25, -0.2) is 0 Å². The maximum Gasteiger partial charge on any atom is 0.191 e. The second kappa shape index (κ2) is 7.38. The van der Waals surface area contributed by atoms with Gasteiger partial charge in [0, 0.05) is 32.4 Å². The summed E-state index contributed by atoms with van der Waals surface area (Å²) >= 11 is 0. The number of hydrogen-bond acceptors (Lipinski definition) is 3. The highest BCUT2D eigenvalue weighted by Crippen LogP contribution is 2.30. The zero-order valence-corrected chi connectivity index (χ0v) is 14.3. The molecular weight excluding hydrogens is 302 g/mol. The minimum Gasteiger partial charge on any atom is -0.508 e. The van der Waals surface area contributed by atoms with Gasteiger partial charge in [-0.3, -0.25) is 9.67 Å². The first-order valence-corrected chi connectivity index (χ1v) is 8.43. The quantitative estimate of drug-likeness (QED) is 0.592. The van der Waals surface area contributed by atoms with E-state index in [1.54, 1.807) is 13.2 Å². The molecule has 1 aliphatic carbocycles. The molecule has 6 nitrogen and oxygen atoms in total. The van der Waals surface area contributed by atoms with Crippen molar-refractivity contribution in [3.05, 3.63) is 46.8 Å². The fourth-order valence-electron chi connectivity index (χ4n) is 3.23. The third-order valence-electron chi connectivity index (χ3n) is 4.64. The Morgan fingerprint density at radius 1 is 1.21 bits per heavy atom. The molecule has 0 amide bonds. The fraction of sp³-hybridized carbons (Fsp3) is 0.444. The van der Waals surface area contributed by atoms with Crippen molar-refractivity contribution in [3.63, 3.8) is 0 Å². The number of nitrogens with one attached hydrogen (secondary N) is 2. The van der Waals surface area contributed by atoms with E-state index in [1.807, 2.05) is 23.9 Å². The lowest BCUT2D eigenvalue weighted by molar-refractivity contribution is 0.464. The van der Waals surface area contributed by atoms with Crippen molar-refractivity contribution < 1.29 is 5.11 Å². The maximum absolute atomic E-state index is 10.3. The summed E-state index contributed by atoms with van der Waals surface area (Å²) in [4.78, 5) is 4.26. The van der Waals surface area contributed by atoms with Crippen molar-refractivity contribution >= 4 is 5.96 Å². The van der Waals surface area contributed by atoms with Crippen molar-refractivity contribution in [1.29, 1.82) is 0 Å². The Hall–Kier alpha value is -2.50. The molecule has 6 heteroatoms. The van der Waals surface area contributed by atoms with Crippen LogP contribution in [0.25, 0.3) is 0 Å². The summed E-state index contributed by atoms with van der Waals surface area (Å²) in [5, 5.41) is 21.0. The number of benzene rings is 1. The lowest BCUT2D eigenvalue weighted by Gasteiger charge is -2.21. The standard InChI is InChI=1S/C18H25N5O/c1-19-18(20-11-14-9-10-22-23(14)2)21-12-16-15-6-4-3-5-13(15)7-8-17(16)24/h7-10,24H,3-6,11-12H2,1-2H3,(H2,19,20,21). The van der Waals surface area contributed by atoms with Gasteiger partial charge in [0.1, 0.15) is 5.75 Å². The molecule has 0 saturated heterocycles. The third kappa shape index (κ3) is 3.53. The number of phenols is 1. The smallest absolute Gasteiger partial charge is 0.191 e. The number of aromatic nitrogens is 2. The highest BCUT2D eigenvalue weighted by atomic mass is 16.3. The second-order valence-electron chi connectivity index (χ2n) is 6.13. The van der Waals surface area contributed by atoms with Crippen LogP contribution in [-0.2, 0) is 33.0 Å². The van der Waals surface area contributed by atoms with Crippen LogP contribution in [0.15, 0.2) is 29.4 Å². The van der Waals surface area contributed by atoms with Gasteiger partial charge in [-0.05, 0) is 48.9 Å². The Labute approximate surface area is 142 Å². The number of nitrogens with zero attached hydrogens (tertiary/aromatic N) is 3. The molecule has 0 aliphatic heterocycles. The molecule has 128 valence electrons. The molecule has 0 radical (unpaired) electrons. The van der Waals surface area contributed by atoms with E-state index in [-0.39, 0.29) is 0 Å². The molecule has 24 heavy (non-hydrogen) atoms. The van der Waals surface area contributed by atoms with Crippen molar-refractivity contribution in [2.45, 2.75) is 38.8 Å². The molecule has 3 N–H and O–H groups in total. The maximum atomic E-state index is 10.3. The molecule has 1 heterocycles. The SMILES string of the molecule is CN=C(NCc1c(O)ccc2c1CCCC2)NCc1ccnn1C. The first kappa shape index (κ1) is 16.4. The fourth-order valence-corrected chi connectivity index (χ4v) is 3.23. The van der Waals surface area contributed by atoms with Crippen molar-refractivity contribution in [1.82, 2.24) is 20.4 Å². The number of aromatic hydroxyl groups is 1. The van der Waals surface area contributed by atoms with Gasteiger partial charge in [0.25, 0.3) is 0 Å². The zero-order chi connectivity index (χ0) is 16.9. The highest BCUT2D eigenvalue weighted by Gasteiger charge is 2.16. The Kier molecular flexibility index (Phi) is 5.03. The van der Waals surface area contributed by atoms with E-state index in [9.17, 15) is 5.11 Å². The average Bonchev–Trinajstić information content (AvgIpc) is 3.01. The molecule has 1 aromatic carbocycles. The van der Waals surface area contributed by atoms with Crippen LogP contribution in [0.3, 0.4) is 0 Å². The topological polar surface area (TPSA) is 74.5 Å². The van der Waals surface area contributed by atoms with Crippen molar-refractivity contribution in [3.8, 4) is 5.75 Å². The van der Waals surface area contributed by atoms with Gasteiger partial charge in [-0.2, -0.15) is 5.10 Å². The molecule has 3 rings (SSSR count).